The van der Waals surface area contributed by atoms with Crippen LogP contribution in [-0.2, 0) is 19.5 Å². The second-order valence-corrected chi connectivity index (χ2v) is 10.7. The Balaban J connectivity index is 1.70. The lowest BCUT2D eigenvalue weighted by atomic mass is 9.80. The molecule has 30 heavy (non-hydrogen) atoms. The summed E-state index contributed by atoms with van der Waals surface area (Å²) in [4.78, 5) is 0.307. The van der Waals surface area contributed by atoms with Crippen LogP contribution in [0.1, 0.15) is 24.5 Å². The number of ether oxygens (including phenoxy) is 2. The Bertz CT molecular complexity index is 1030. The van der Waals surface area contributed by atoms with Gasteiger partial charge in [0.1, 0.15) is 0 Å². The molecule has 2 aliphatic heterocycles. The second kappa shape index (κ2) is 8.44. The van der Waals surface area contributed by atoms with Crippen molar-refractivity contribution in [1.29, 1.82) is 0 Å². The van der Waals surface area contributed by atoms with Crippen molar-refractivity contribution in [3.63, 3.8) is 0 Å². The van der Waals surface area contributed by atoms with E-state index in [1.165, 1.54) is 0 Å². The highest BCUT2D eigenvalue weighted by molar-refractivity contribution is 7.89. The minimum Gasteiger partial charge on any atom is -0.350 e. The van der Waals surface area contributed by atoms with Crippen LogP contribution in [0.4, 0.5) is 0 Å². The summed E-state index contributed by atoms with van der Waals surface area (Å²) in [5.74, 6) is 0. The largest absolute Gasteiger partial charge is 0.350 e. The van der Waals surface area contributed by atoms with Crippen molar-refractivity contribution in [2.75, 3.05) is 26.3 Å². The van der Waals surface area contributed by atoms with Gasteiger partial charge in [0, 0.05) is 29.9 Å². The molecule has 7 heteroatoms. The first kappa shape index (κ1) is 21.5. The standard InChI is InChI=1S/C23H26ClNO4S/c1-17-3-9-21(10-4-17)30(26,27)25-15-19(18-5-7-20(24)8-6-18)13-23(2,16-25)14-22-28-11-12-29-22/h3-10,13,22H,11-12,14-16H2,1-2H3/t23-/m1/s1. The zero-order valence-corrected chi connectivity index (χ0v) is 18.7. The van der Waals surface area contributed by atoms with Gasteiger partial charge in [-0.25, -0.2) is 8.42 Å². The van der Waals surface area contributed by atoms with Gasteiger partial charge in [0.25, 0.3) is 0 Å². The van der Waals surface area contributed by atoms with Gasteiger partial charge in [-0.15, -0.1) is 0 Å². The van der Waals surface area contributed by atoms with E-state index in [1.54, 1.807) is 16.4 Å². The molecule has 2 aromatic carbocycles. The maximum atomic E-state index is 13.5. The molecule has 0 bridgehead atoms. The minimum absolute atomic E-state index is 0.305. The highest BCUT2D eigenvalue weighted by Gasteiger charge is 2.39. The molecule has 2 aromatic rings. The van der Waals surface area contributed by atoms with Crippen molar-refractivity contribution in [3.8, 4) is 0 Å². The number of aryl methyl sites for hydroxylation is 1. The number of hydrogen-bond donors (Lipinski definition) is 0. The Morgan fingerprint density at radius 1 is 1.07 bits per heavy atom. The Morgan fingerprint density at radius 2 is 1.70 bits per heavy atom. The molecule has 0 radical (unpaired) electrons. The fourth-order valence-corrected chi connectivity index (χ4v) is 5.74. The number of benzene rings is 2. The Kier molecular flexibility index (Phi) is 6.06. The summed E-state index contributed by atoms with van der Waals surface area (Å²) < 4.78 is 39.8. The molecule has 0 unspecified atom stereocenters. The molecular formula is C23H26ClNO4S. The lowest BCUT2D eigenvalue weighted by Gasteiger charge is -2.39. The van der Waals surface area contributed by atoms with Crippen LogP contribution in [0.15, 0.2) is 59.5 Å². The van der Waals surface area contributed by atoms with E-state index in [4.69, 9.17) is 21.1 Å². The third-order valence-corrected chi connectivity index (χ3v) is 7.66. The van der Waals surface area contributed by atoms with E-state index in [1.807, 2.05) is 43.3 Å². The Morgan fingerprint density at radius 3 is 2.33 bits per heavy atom. The summed E-state index contributed by atoms with van der Waals surface area (Å²) >= 11 is 6.06. The van der Waals surface area contributed by atoms with E-state index in [0.29, 0.717) is 42.6 Å². The van der Waals surface area contributed by atoms with Crippen molar-refractivity contribution in [2.45, 2.75) is 31.5 Å². The molecule has 1 saturated heterocycles. The van der Waals surface area contributed by atoms with Crippen LogP contribution >= 0.6 is 11.6 Å². The molecule has 5 nitrogen and oxygen atoms in total. The first-order valence-corrected chi connectivity index (χ1v) is 11.8. The first-order valence-electron chi connectivity index (χ1n) is 10.0. The zero-order valence-electron chi connectivity index (χ0n) is 17.2. The molecule has 2 heterocycles. The average molecular weight is 448 g/mol. The van der Waals surface area contributed by atoms with E-state index >= 15 is 0 Å². The molecular weight excluding hydrogens is 422 g/mol. The molecule has 160 valence electrons. The molecule has 4 rings (SSSR count). The van der Waals surface area contributed by atoms with E-state index in [-0.39, 0.29) is 6.29 Å². The fraction of sp³-hybridized carbons (Fsp3) is 0.391. The normalized spacial score (nSPS) is 23.5. The lowest BCUT2D eigenvalue weighted by molar-refractivity contribution is -0.0658. The minimum atomic E-state index is -3.65. The van der Waals surface area contributed by atoms with Crippen molar-refractivity contribution >= 4 is 27.2 Å². The predicted octanol–water partition coefficient (Wildman–Crippen LogP) is 4.51. The van der Waals surface area contributed by atoms with Gasteiger partial charge in [0.2, 0.25) is 10.0 Å². The van der Waals surface area contributed by atoms with Gasteiger partial charge in [-0.2, -0.15) is 4.31 Å². The number of rotatable bonds is 5. The van der Waals surface area contributed by atoms with Gasteiger partial charge in [0.05, 0.1) is 18.1 Å². The van der Waals surface area contributed by atoms with Gasteiger partial charge in [-0.1, -0.05) is 54.4 Å². The summed E-state index contributed by atoms with van der Waals surface area (Å²) in [5.41, 5.74) is 2.51. The van der Waals surface area contributed by atoms with Crippen LogP contribution in [-0.4, -0.2) is 45.3 Å². The van der Waals surface area contributed by atoms with Crippen LogP contribution < -0.4 is 0 Å². The molecule has 1 fully saturated rings. The van der Waals surface area contributed by atoms with Crippen molar-refractivity contribution in [3.05, 3.63) is 70.8 Å². The molecule has 0 spiro atoms. The molecule has 0 saturated carbocycles. The van der Waals surface area contributed by atoms with Crippen LogP contribution in [0.3, 0.4) is 0 Å². The van der Waals surface area contributed by atoms with Crippen molar-refractivity contribution in [1.82, 2.24) is 4.31 Å². The number of halogens is 1. The summed E-state index contributed by atoms with van der Waals surface area (Å²) in [6.45, 7) is 5.81. The van der Waals surface area contributed by atoms with Crippen LogP contribution in [0.25, 0.3) is 5.57 Å². The highest BCUT2D eigenvalue weighted by Crippen LogP contribution is 2.39. The molecule has 0 amide bonds. The molecule has 1 atom stereocenters. The third kappa shape index (κ3) is 4.63. The van der Waals surface area contributed by atoms with Gasteiger partial charge in [-0.3, -0.25) is 0 Å². The summed E-state index contributed by atoms with van der Waals surface area (Å²) in [6, 6.07) is 14.5. The monoisotopic (exact) mass is 447 g/mol. The highest BCUT2D eigenvalue weighted by atomic mass is 35.5. The fourth-order valence-electron chi connectivity index (χ4n) is 4.06. The maximum absolute atomic E-state index is 13.5. The third-order valence-electron chi connectivity index (χ3n) is 5.60. The average Bonchev–Trinajstić information content (AvgIpc) is 3.20. The van der Waals surface area contributed by atoms with Gasteiger partial charge in [-0.05, 0) is 42.3 Å². The van der Waals surface area contributed by atoms with E-state index in [0.717, 1.165) is 16.7 Å². The van der Waals surface area contributed by atoms with E-state index in [2.05, 4.69) is 13.0 Å². The van der Waals surface area contributed by atoms with Crippen molar-refractivity contribution in [2.24, 2.45) is 5.41 Å². The first-order chi connectivity index (χ1) is 14.2. The second-order valence-electron chi connectivity index (χ2n) is 8.29. The van der Waals surface area contributed by atoms with Gasteiger partial charge >= 0.3 is 0 Å². The van der Waals surface area contributed by atoms with E-state index in [9.17, 15) is 8.42 Å². The quantitative estimate of drug-likeness (QED) is 0.676. The SMILES string of the molecule is Cc1ccc(S(=O)(=O)N2CC(c3ccc(Cl)cc3)=C[C@](C)(CC3OCCO3)C2)cc1. The Hall–Kier alpha value is -1.70. The maximum Gasteiger partial charge on any atom is 0.243 e. The Labute approximate surface area is 183 Å². The van der Waals surface area contributed by atoms with Crippen LogP contribution in [0, 0.1) is 12.3 Å². The number of hydrogen-bond acceptors (Lipinski definition) is 4. The molecule has 0 N–H and O–H groups in total. The number of nitrogens with zero attached hydrogens (tertiary/aromatic N) is 1. The topological polar surface area (TPSA) is 55.8 Å². The zero-order chi connectivity index (χ0) is 21.4. The van der Waals surface area contributed by atoms with E-state index < -0.39 is 15.4 Å². The summed E-state index contributed by atoms with van der Waals surface area (Å²) in [5, 5.41) is 0.648. The predicted molar refractivity (Wildman–Crippen MR) is 118 cm³/mol. The smallest absolute Gasteiger partial charge is 0.243 e. The molecule has 2 aliphatic rings. The van der Waals surface area contributed by atoms with Crippen molar-refractivity contribution < 1.29 is 17.9 Å². The lowest BCUT2D eigenvalue weighted by Crippen LogP contribution is -2.44. The summed E-state index contributed by atoms with van der Waals surface area (Å²) in [6.07, 6.45) is 2.44. The van der Waals surface area contributed by atoms with Crippen LogP contribution in [0.5, 0.6) is 0 Å². The van der Waals surface area contributed by atoms with Gasteiger partial charge < -0.3 is 9.47 Å². The van der Waals surface area contributed by atoms with Gasteiger partial charge in [0.15, 0.2) is 6.29 Å². The summed E-state index contributed by atoms with van der Waals surface area (Å²) in [7, 11) is -3.65. The van der Waals surface area contributed by atoms with Crippen LogP contribution in [0.2, 0.25) is 5.02 Å². The molecule has 0 aromatic heterocycles. The molecule has 0 aliphatic carbocycles. The number of sulfonamides is 1.